The maximum atomic E-state index is 12.3. The molecule has 1 aromatic heterocycles. The standard InChI is InChI=1S/C14H11ClN2O3S/c15-10-3-1-9(2-4-10)8-21(18,19)14-17-12-6-5-11(16)7-13(12)20-14/h1-7H,8,16H2. The summed E-state index contributed by atoms with van der Waals surface area (Å²) in [6, 6.07) is 11.4. The number of sulfone groups is 1. The Hall–Kier alpha value is -2.05. The molecule has 2 aromatic carbocycles. The van der Waals surface area contributed by atoms with E-state index in [9.17, 15) is 8.42 Å². The summed E-state index contributed by atoms with van der Waals surface area (Å²) in [4.78, 5) is 4.00. The lowest BCUT2D eigenvalue weighted by atomic mass is 10.2. The van der Waals surface area contributed by atoms with Crippen molar-refractivity contribution in [2.75, 3.05) is 5.73 Å². The van der Waals surface area contributed by atoms with Crippen LogP contribution in [0.3, 0.4) is 0 Å². The highest BCUT2D eigenvalue weighted by Gasteiger charge is 2.22. The van der Waals surface area contributed by atoms with Crippen molar-refractivity contribution in [2.24, 2.45) is 0 Å². The Morgan fingerprint density at radius 1 is 1.14 bits per heavy atom. The number of halogens is 1. The lowest BCUT2D eigenvalue weighted by molar-refractivity contribution is 0.458. The van der Waals surface area contributed by atoms with E-state index in [0.717, 1.165) is 0 Å². The first-order valence-electron chi connectivity index (χ1n) is 6.07. The van der Waals surface area contributed by atoms with Gasteiger partial charge in [-0.3, -0.25) is 0 Å². The fourth-order valence-corrected chi connectivity index (χ4v) is 3.25. The maximum Gasteiger partial charge on any atom is 0.316 e. The molecule has 0 fully saturated rings. The van der Waals surface area contributed by atoms with E-state index in [1.807, 2.05) is 0 Å². The Bertz CT molecular complexity index is 902. The minimum absolute atomic E-state index is 0.202. The van der Waals surface area contributed by atoms with E-state index in [1.54, 1.807) is 42.5 Å². The van der Waals surface area contributed by atoms with Crippen molar-refractivity contribution in [1.82, 2.24) is 4.98 Å². The second kappa shape index (κ2) is 5.05. The molecule has 3 aromatic rings. The Labute approximate surface area is 126 Å². The van der Waals surface area contributed by atoms with Gasteiger partial charge < -0.3 is 10.2 Å². The van der Waals surface area contributed by atoms with Crippen molar-refractivity contribution in [2.45, 2.75) is 11.0 Å². The number of oxazole rings is 1. The molecule has 1 heterocycles. The van der Waals surface area contributed by atoms with Gasteiger partial charge in [0.2, 0.25) is 9.84 Å². The zero-order valence-electron chi connectivity index (χ0n) is 10.8. The largest absolute Gasteiger partial charge is 0.428 e. The van der Waals surface area contributed by atoms with Crippen LogP contribution in [0.4, 0.5) is 5.69 Å². The van der Waals surface area contributed by atoms with Gasteiger partial charge in [-0.25, -0.2) is 8.42 Å². The number of rotatable bonds is 3. The number of hydrogen-bond donors (Lipinski definition) is 1. The molecule has 108 valence electrons. The van der Waals surface area contributed by atoms with Crippen LogP contribution < -0.4 is 5.73 Å². The summed E-state index contributed by atoms with van der Waals surface area (Å²) in [6.07, 6.45) is 0. The Morgan fingerprint density at radius 3 is 2.57 bits per heavy atom. The number of fused-ring (bicyclic) bond motifs is 1. The van der Waals surface area contributed by atoms with E-state index < -0.39 is 9.84 Å². The Balaban J connectivity index is 1.97. The molecule has 0 bridgehead atoms. The smallest absolute Gasteiger partial charge is 0.316 e. The molecule has 0 atom stereocenters. The second-order valence-electron chi connectivity index (χ2n) is 4.59. The molecule has 0 unspecified atom stereocenters. The number of aromatic nitrogens is 1. The third-order valence-electron chi connectivity index (χ3n) is 2.93. The SMILES string of the molecule is Nc1ccc2nc(S(=O)(=O)Cc3ccc(Cl)cc3)oc2c1. The van der Waals surface area contributed by atoms with Gasteiger partial charge in [0.15, 0.2) is 5.58 Å². The topological polar surface area (TPSA) is 86.2 Å². The molecule has 0 saturated carbocycles. The van der Waals surface area contributed by atoms with Crippen LogP contribution in [0.2, 0.25) is 5.02 Å². The van der Waals surface area contributed by atoms with Crippen molar-refractivity contribution in [3.63, 3.8) is 0 Å². The van der Waals surface area contributed by atoms with Gasteiger partial charge >= 0.3 is 5.22 Å². The van der Waals surface area contributed by atoms with Gasteiger partial charge in [0.1, 0.15) is 5.52 Å². The molecule has 21 heavy (non-hydrogen) atoms. The summed E-state index contributed by atoms with van der Waals surface area (Å²) in [5.41, 5.74) is 7.54. The molecule has 0 spiro atoms. The van der Waals surface area contributed by atoms with Gasteiger partial charge in [-0.1, -0.05) is 23.7 Å². The predicted octanol–water partition coefficient (Wildman–Crippen LogP) is 3.04. The van der Waals surface area contributed by atoms with Crippen LogP contribution in [0.15, 0.2) is 52.1 Å². The summed E-state index contributed by atoms with van der Waals surface area (Å²) in [5, 5.41) is 0.242. The van der Waals surface area contributed by atoms with Crippen LogP contribution in [-0.2, 0) is 15.6 Å². The molecule has 3 rings (SSSR count). The van der Waals surface area contributed by atoms with Crippen LogP contribution in [0.25, 0.3) is 11.1 Å². The van der Waals surface area contributed by atoms with E-state index in [0.29, 0.717) is 27.4 Å². The molecular weight excluding hydrogens is 312 g/mol. The highest BCUT2D eigenvalue weighted by molar-refractivity contribution is 7.90. The lowest BCUT2D eigenvalue weighted by Crippen LogP contribution is -2.05. The molecule has 7 heteroatoms. The molecule has 5 nitrogen and oxygen atoms in total. The van der Waals surface area contributed by atoms with Crippen LogP contribution in [-0.4, -0.2) is 13.4 Å². The van der Waals surface area contributed by atoms with Gasteiger partial charge in [-0.15, -0.1) is 0 Å². The average Bonchev–Trinajstić information content (AvgIpc) is 2.85. The van der Waals surface area contributed by atoms with Crippen molar-refractivity contribution >= 4 is 38.2 Å². The molecule has 0 amide bonds. The third kappa shape index (κ3) is 2.86. The third-order valence-corrected chi connectivity index (χ3v) is 4.60. The van der Waals surface area contributed by atoms with Gasteiger partial charge in [-0.2, -0.15) is 4.98 Å². The van der Waals surface area contributed by atoms with Crippen LogP contribution >= 0.6 is 11.6 Å². The predicted molar refractivity (Wildman–Crippen MR) is 80.8 cm³/mol. The summed E-state index contributed by atoms with van der Waals surface area (Å²) >= 11 is 5.78. The Kier molecular flexibility index (Phi) is 3.35. The van der Waals surface area contributed by atoms with E-state index in [1.165, 1.54) is 0 Å². The highest BCUT2D eigenvalue weighted by atomic mass is 35.5. The first-order valence-corrected chi connectivity index (χ1v) is 8.10. The molecule has 0 aliphatic carbocycles. The van der Waals surface area contributed by atoms with E-state index >= 15 is 0 Å². The van der Waals surface area contributed by atoms with E-state index in [4.69, 9.17) is 21.8 Å². The quantitative estimate of drug-likeness (QED) is 0.749. The number of benzene rings is 2. The van der Waals surface area contributed by atoms with Crippen molar-refractivity contribution in [3.05, 3.63) is 53.1 Å². The maximum absolute atomic E-state index is 12.3. The number of hydrogen-bond acceptors (Lipinski definition) is 5. The van der Waals surface area contributed by atoms with Crippen LogP contribution in [0.1, 0.15) is 5.56 Å². The van der Waals surface area contributed by atoms with E-state index in [2.05, 4.69) is 4.98 Å². The number of anilines is 1. The van der Waals surface area contributed by atoms with Crippen LogP contribution in [0, 0.1) is 0 Å². The summed E-state index contributed by atoms with van der Waals surface area (Å²) < 4.78 is 29.9. The fourth-order valence-electron chi connectivity index (χ4n) is 1.91. The zero-order valence-corrected chi connectivity index (χ0v) is 12.4. The number of nitrogens with zero attached hydrogens (tertiary/aromatic N) is 1. The summed E-state index contributed by atoms with van der Waals surface area (Å²) in [5.74, 6) is -0.202. The monoisotopic (exact) mass is 322 g/mol. The van der Waals surface area contributed by atoms with Crippen molar-refractivity contribution in [1.29, 1.82) is 0 Å². The normalized spacial score (nSPS) is 11.9. The average molecular weight is 323 g/mol. The first-order chi connectivity index (χ1) is 9.94. The van der Waals surface area contributed by atoms with E-state index in [-0.39, 0.29) is 11.0 Å². The summed E-state index contributed by atoms with van der Waals surface area (Å²) in [7, 11) is -3.66. The Morgan fingerprint density at radius 2 is 1.86 bits per heavy atom. The molecule has 0 radical (unpaired) electrons. The molecule has 2 N–H and O–H groups in total. The molecular formula is C14H11ClN2O3S. The summed E-state index contributed by atoms with van der Waals surface area (Å²) in [6.45, 7) is 0. The van der Waals surface area contributed by atoms with Crippen LogP contribution in [0.5, 0.6) is 0 Å². The second-order valence-corrected chi connectivity index (χ2v) is 6.90. The highest BCUT2D eigenvalue weighted by Crippen LogP contribution is 2.23. The number of nitrogen functional groups attached to an aromatic ring is 1. The number of nitrogens with two attached hydrogens (primary N) is 1. The van der Waals surface area contributed by atoms with Crippen molar-refractivity contribution in [3.8, 4) is 0 Å². The first kappa shape index (κ1) is 13.9. The zero-order chi connectivity index (χ0) is 15.0. The van der Waals surface area contributed by atoms with Gasteiger partial charge in [-0.05, 0) is 29.8 Å². The lowest BCUT2D eigenvalue weighted by Gasteiger charge is -2.00. The molecule has 0 aliphatic rings. The van der Waals surface area contributed by atoms with Gasteiger partial charge in [0, 0.05) is 16.8 Å². The molecule has 0 aliphatic heterocycles. The van der Waals surface area contributed by atoms with Gasteiger partial charge in [0.25, 0.3) is 0 Å². The van der Waals surface area contributed by atoms with Crippen molar-refractivity contribution < 1.29 is 12.8 Å². The fraction of sp³-hybridized carbons (Fsp3) is 0.0714. The van der Waals surface area contributed by atoms with Gasteiger partial charge in [0.05, 0.1) is 5.75 Å². The molecule has 0 saturated heterocycles. The minimum atomic E-state index is -3.66. The minimum Gasteiger partial charge on any atom is -0.428 e.